The molecule has 0 bridgehead atoms. The summed E-state index contributed by atoms with van der Waals surface area (Å²) in [6, 6.07) is 10.9. The number of halogens is 2. The van der Waals surface area contributed by atoms with Crippen LogP contribution in [0.5, 0.6) is 5.75 Å². The van der Waals surface area contributed by atoms with Crippen molar-refractivity contribution in [2.45, 2.75) is 6.54 Å². The van der Waals surface area contributed by atoms with E-state index in [1.165, 1.54) is 16.9 Å². The summed E-state index contributed by atoms with van der Waals surface area (Å²) in [5.74, 6) is -1.04. The summed E-state index contributed by atoms with van der Waals surface area (Å²) in [5, 5.41) is 22.6. The Labute approximate surface area is 146 Å². The van der Waals surface area contributed by atoms with Crippen LogP contribution in [0.3, 0.4) is 0 Å². The molecular weight excluding hydrogens is 351 g/mol. The average molecular weight is 362 g/mol. The highest BCUT2D eigenvalue weighted by Crippen LogP contribution is 2.21. The number of hydrogen-bond acceptors (Lipinski definition) is 6. The second-order valence-corrected chi connectivity index (χ2v) is 5.44. The van der Waals surface area contributed by atoms with Crippen LogP contribution >= 0.6 is 11.6 Å². The molecule has 0 unspecified atom stereocenters. The SMILES string of the molecule is O=C([O-])COc1ccc(-c2nnn(Cc3c(F)cccc3Cl)n2)cc1. The third-order valence-corrected chi connectivity index (χ3v) is 3.64. The number of carbonyl (C=O) groups is 1. The Balaban J connectivity index is 1.74. The number of nitrogens with zero attached hydrogens (tertiary/aromatic N) is 4. The van der Waals surface area contributed by atoms with Gasteiger partial charge in [0, 0.05) is 16.1 Å². The summed E-state index contributed by atoms with van der Waals surface area (Å²) in [5.41, 5.74) is 0.922. The van der Waals surface area contributed by atoms with Crippen LogP contribution in [-0.4, -0.2) is 32.8 Å². The molecule has 1 aromatic heterocycles. The molecule has 0 radical (unpaired) electrons. The number of hydrogen-bond donors (Lipinski definition) is 0. The molecule has 0 N–H and O–H groups in total. The van der Waals surface area contributed by atoms with E-state index in [4.69, 9.17) is 16.3 Å². The van der Waals surface area contributed by atoms with Crippen molar-refractivity contribution in [2.75, 3.05) is 6.61 Å². The first kappa shape index (κ1) is 16.8. The molecule has 0 spiro atoms. The van der Waals surface area contributed by atoms with Gasteiger partial charge in [0.2, 0.25) is 5.82 Å². The molecule has 0 aliphatic rings. The molecule has 3 rings (SSSR count). The van der Waals surface area contributed by atoms with Crippen LogP contribution in [0.25, 0.3) is 11.4 Å². The van der Waals surface area contributed by atoms with E-state index in [2.05, 4.69) is 15.4 Å². The quantitative estimate of drug-likeness (QED) is 0.657. The van der Waals surface area contributed by atoms with E-state index in [-0.39, 0.29) is 17.1 Å². The van der Waals surface area contributed by atoms with E-state index in [1.54, 1.807) is 30.3 Å². The molecule has 0 saturated heterocycles. The van der Waals surface area contributed by atoms with Gasteiger partial charge in [0.15, 0.2) is 0 Å². The topological polar surface area (TPSA) is 93.0 Å². The van der Waals surface area contributed by atoms with E-state index in [1.807, 2.05) is 0 Å². The number of carbonyl (C=O) groups excluding carboxylic acids is 1. The van der Waals surface area contributed by atoms with Crippen molar-refractivity contribution in [3.8, 4) is 17.1 Å². The maximum Gasteiger partial charge on any atom is 0.204 e. The maximum atomic E-state index is 13.8. The van der Waals surface area contributed by atoms with E-state index in [0.29, 0.717) is 17.1 Å². The van der Waals surface area contributed by atoms with Gasteiger partial charge in [-0.3, -0.25) is 0 Å². The lowest BCUT2D eigenvalue weighted by Crippen LogP contribution is -2.28. The minimum Gasteiger partial charge on any atom is -0.546 e. The molecule has 128 valence electrons. The van der Waals surface area contributed by atoms with Crippen molar-refractivity contribution in [1.29, 1.82) is 0 Å². The lowest BCUT2D eigenvalue weighted by Gasteiger charge is -2.06. The van der Waals surface area contributed by atoms with E-state index in [9.17, 15) is 14.3 Å². The zero-order valence-electron chi connectivity index (χ0n) is 12.7. The first-order valence-electron chi connectivity index (χ1n) is 7.16. The van der Waals surface area contributed by atoms with Crippen LogP contribution in [0.15, 0.2) is 42.5 Å². The van der Waals surface area contributed by atoms with Gasteiger partial charge >= 0.3 is 0 Å². The molecule has 9 heteroatoms. The summed E-state index contributed by atoms with van der Waals surface area (Å²) in [6.07, 6.45) is 0. The normalized spacial score (nSPS) is 10.6. The van der Waals surface area contributed by atoms with Gasteiger partial charge in [0.05, 0.1) is 12.5 Å². The van der Waals surface area contributed by atoms with Gasteiger partial charge in [-0.15, -0.1) is 10.2 Å². The Bertz CT molecular complexity index is 878. The molecule has 0 aliphatic carbocycles. The number of aromatic nitrogens is 4. The van der Waals surface area contributed by atoms with E-state index < -0.39 is 18.4 Å². The number of tetrazole rings is 1. The highest BCUT2D eigenvalue weighted by molar-refractivity contribution is 6.31. The molecule has 0 saturated carbocycles. The van der Waals surface area contributed by atoms with Gasteiger partial charge in [0.25, 0.3) is 0 Å². The second-order valence-electron chi connectivity index (χ2n) is 5.03. The number of carboxylic acids is 1. The molecule has 2 aromatic carbocycles. The molecule has 3 aromatic rings. The van der Waals surface area contributed by atoms with Gasteiger partial charge in [-0.1, -0.05) is 17.7 Å². The van der Waals surface area contributed by atoms with Gasteiger partial charge in [-0.05, 0) is 41.6 Å². The van der Waals surface area contributed by atoms with E-state index >= 15 is 0 Å². The zero-order chi connectivity index (χ0) is 17.8. The number of rotatable bonds is 6. The Kier molecular flexibility index (Phi) is 4.90. The second kappa shape index (κ2) is 7.27. The van der Waals surface area contributed by atoms with Crippen molar-refractivity contribution in [2.24, 2.45) is 0 Å². The summed E-state index contributed by atoms with van der Waals surface area (Å²) < 4.78 is 18.8. The van der Waals surface area contributed by atoms with Gasteiger partial charge < -0.3 is 14.6 Å². The Hall–Kier alpha value is -3.00. The summed E-state index contributed by atoms with van der Waals surface area (Å²) in [7, 11) is 0. The fourth-order valence-electron chi connectivity index (χ4n) is 2.09. The van der Waals surface area contributed by atoms with Crippen molar-refractivity contribution in [3.63, 3.8) is 0 Å². The van der Waals surface area contributed by atoms with Crippen LogP contribution in [-0.2, 0) is 11.3 Å². The number of carboxylic acid groups (broad SMARTS) is 1. The lowest BCUT2D eigenvalue weighted by molar-refractivity contribution is -0.307. The minimum absolute atomic E-state index is 0.0469. The van der Waals surface area contributed by atoms with Crippen molar-refractivity contribution in [3.05, 3.63) is 58.9 Å². The summed E-state index contributed by atoms with van der Waals surface area (Å²) in [6.45, 7) is -0.484. The van der Waals surface area contributed by atoms with Crippen LogP contribution in [0.1, 0.15) is 5.56 Å². The van der Waals surface area contributed by atoms with Crippen LogP contribution in [0.2, 0.25) is 5.02 Å². The summed E-state index contributed by atoms with van der Waals surface area (Å²) in [4.78, 5) is 11.6. The maximum absolute atomic E-state index is 13.8. The van der Waals surface area contributed by atoms with Gasteiger partial charge in [-0.2, -0.15) is 4.80 Å². The third-order valence-electron chi connectivity index (χ3n) is 3.28. The number of benzene rings is 2. The molecule has 0 fully saturated rings. The van der Waals surface area contributed by atoms with E-state index in [0.717, 1.165) is 0 Å². The molecule has 25 heavy (non-hydrogen) atoms. The van der Waals surface area contributed by atoms with Crippen molar-refractivity contribution < 1.29 is 19.0 Å². The fraction of sp³-hybridized carbons (Fsp3) is 0.125. The molecular formula is C16H11ClFN4O3-. The first-order valence-corrected chi connectivity index (χ1v) is 7.54. The summed E-state index contributed by atoms with van der Waals surface area (Å²) >= 11 is 5.98. The van der Waals surface area contributed by atoms with Crippen molar-refractivity contribution in [1.82, 2.24) is 20.2 Å². The highest BCUT2D eigenvalue weighted by Gasteiger charge is 2.11. The lowest BCUT2D eigenvalue weighted by atomic mass is 10.2. The molecule has 0 amide bonds. The Morgan fingerprint density at radius 3 is 2.68 bits per heavy atom. The predicted molar refractivity (Wildman–Crippen MR) is 84.3 cm³/mol. The standard InChI is InChI=1S/C16H12ClFN4O3/c17-13-2-1-3-14(18)12(13)8-22-20-16(19-21-22)10-4-6-11(7-5-10)25-9-15(23)24/h1-7H,8-9H2,(H,23,24)/p-1. The minimum atomic E-state index is -1.31. The molecule has 1 heterocycles. The Morgan fingerprint density at radius 1 is 1.24 bits per heavy atom. The average Bonchev–Trinajstić information content (AvgIpc) is 3.05. The zero-order valence-corrected chi connectivity index (χ0v) is 13.5. The third kappa shape index (κ3) is 4.10. The fourth-order valence-corrected chi connectivity index (χ4v) is 2.32. The number of ether oxygens (including phenoxy) is 1. The van der Waals surface area contributed by atoms with Crippen LogP contribution in [0.4, 0.5) is 4.39 Å². The molecule has 0 atom stereocenters. The molecule has 7 nitrogen and oxygen atoms in total. The van der Waals surface area contributed by atoms with Gasteiger partial charge in [-0.25, -0.2) is 4.39 Å². The van der Waals surface area contributed by atoms with Crippen molar-refractivity contribution >= 4 is 17.6 Å². The molecule has 0 aliphatic heterocycles. The smallest absolute Gasteiger partial charge is 0.204 e. The predicted octanol–water partition coefficient (Wildman–Crippen LogP) is 1.31. The van der Waals surface area contributed by atoms with Crippen LogP contribution < -0.4 is 9.84 Å². The van der Waals surface area contributed by atoms with Gasteiger partial charge in [0.1, 0.15) is 18.2 Å². The van der Waals surface area contributed by atoms with Crippen LogP contribution in [0, 0.1) is 5.82 Å². The highest BCUT2D eigenvalue weighted by atomic mass is 35.5. The largest absolute Gasteiger partial charge is 0.546 e. The monoisotopic (exact) mass is 361 g/mol. The first-order chi connectivity index (χ1) is 12.0. The number of aliphatic carboxylic acids is 1. The Morgan fingerprint density at radius 2 is 2.00 bits per heavy atom.